The quantitative estimate of drug-likeness (QED) is 0.845. The summed E-state index contributed by atoms with van der Waals surface area (Å²) in [5, 5.41) is 7.76. The summed E-state index contributed by atoms with van der Waals surface area (Å²) < 4.78 is 1.95. The van der Waals surface area contributed by atoms with Crippen LogP contribution in [-0.2, 0) is 6.54 Å². The van der Waals surface area contributed by atoms with Crippen molar-refractivity contribution in [3.05, 3.63) is 42.4 Å². The van der Waals surface area contributed by atoms with Gasteiger partial charge in [0.05, 0.1) is 5.56 Å². The number of pyridine rings is 1. The summed E-state index contributed by atoms with van der Waals surface area (Å²) >= 11 is 0. The normalized spacial score (nSPS) is 20.7. The molecule has 1 aliphatic carbocycles. The number of hydrogen-bond acceptors (Lipinski definition) is 4. The molecule has 1 atom stereocenters. The zero-order chi connectivity index (χ0) is 18.5. The number of nitrogens with one attached hydrogen (secondary N) is 1. The Hall–Kier alpha value is -2.37. The van der Waals surface area contributed by atoms with E-state index in [-0.39, 0.29) is 11.9 Å². The van der Waals surface area contributed by atoms with Crippen LogP contribution < -0.4 is 5.32 Å². The number of likely N-dealkylation sites (tertiary alicyclic amines) is 1. The molecule has 0 aromatic carbocycles. The first kappa shape index (κ1) is 18.0. The van der Waals surface area contributed by atoms with Gasteiger partial charge in [0, 0.05) is 43.8 Å². The topological polar surface area (TPSA) is 63.1 Å². The lowest BCUT2D eigenvalue weighted by molar-refractivity contribution is 0.0593. The van der Waals surface area contributed by atoms with Crippen molar-refractivity contribution in [2.24, 2.45) is 0 Å². The fourth-order valence-corrected chi connectivity index (χ4v) is 4.33. The van der Waals surface area contributed by atoms with Gasteiger partial charge in [-0.05, 0) is 56.7 Å². The van der Waals surface area contributed by atoms with Gasteiger partial charge in [-0.1, -0.05) is 12.8 Å². The third-order valence-corrected chi connectivity index (χ3v) is 5.86. The van der Waals surface area contributed by atoms with Crippen LogP contribution in [0.25, 0.3) is 0 Å². The van der Waals surface area contributed by atoms with E-state index in [1.54, 1.807) is 12.4 Å². The number of hydrogen-bond donors (Lipinski definition) is 1. The molecule has 2 aromatic rings. The molecule has 6 heteroatoms. The minimum atomic E-state index is 0.111. The highest BCUT2D eigenvalue weighted by Crippen LogP contribution is 2.24. The Bertz CT molecular complexity index is 722. The van der Waals surface area contributed by atoms with Crippen LogP contribution in [0.15, 0.2) is 36.8 Å². The molecule has 2 aromatic heterocycles. The second kappa shape index (κ2) is 8.55. The van der Waals surface area contributed by atoms with E-state index >= 15 is 0 Å². The number of carbonyl (C=O) groups excluding carboxylic acids is 1. The predicted octanol–water partition coefficient (Wildman–Crippen LogP) is 3.72. The minimum Gasteiger partial charge on any atom is -0.367 e. The first-order valence-electron chi connectivity index (χ1n) is 10.3. The molecule has 27 heavy (non-hydrogen) atoms. The van der Waals surface area contributed by atoms with E-state index in [9.17, 15) is 4.79 Å². The molecule has 6 nitrogen and oxygen atoms in total. The number of rotatable bonds is 6. The maximum absolute atomic E-state index is 13.1. The summed E-state index contributed by atoms with van der Waals surface area (Å²) in [6.07, 6.45) is 14.8. The molecule has 0 bridgehead atoms. The number of nitrogens with zero attached hydrogens (tertiary/aromatic N) is 4. The van der Waals surface area contributed by atoms with E-state index in [1.165, 1.54) is 32.1 Å². The van der Waals surface area contributed by atoms with Crippen molar-refractivity contribution < 1.29 is 4.79 Å². The van der Waals surface area contributed by atoms with Crippen molar-refractivity contribution in [2.45, 2.75) is 70.0 Å². The molecule has 0 spiro atoms. The Morgan fingerprint density at radius 3 is 2.74 bits per heavy atom. The summed E-state index contributed by atoms with van der Waals surface area (Å²) in [6, 6.07) is 6.64. The number of anilines is 1. The SMILES string of the molecule is O=C(c1ccc(NC2CCCC2)nc1)N1CCCCC1CCn1cccn1. The summed E-state index contributed by atoms with van der Waals surface area (Å²) in [7, 11) is 0. The molecular formula is C21H29N5O. The summed E-state index contributed by atoms with van der Waals surface area (Å²) in [5.74, 6) is 0.993. The molecule has 0 radical (unpaired) electrons. The standard InChI is InChI=1S/C21H29N5O/c27-21(17-9-10-20(22-16-17)24-18-6-1-2-7-18)26-14-4-3-8-19(26)11-15-25-13-5-12-23-25/h5,9-10,12-13,16,18-19H,1-4,6-8,11,14-15H2,(H,22,24). The molecule has 1 saturated heterocycles. The fraction of sp³-hybridized carbons (Fsp3) is 0.571. The van der Waals surface area contributed by atoms with Crippen LogP contribution in [0.2, 0.25) is 0 Å². The highest BCUT2D eigenvalue weighted by Gasteiger charge is 2.27. The second-order valence-electron chi connectivity index (χ2n) is 7.76. The Morgan fingerprint density at radius 1 is 1.15 bits per heavy atom. The third kappa shape index (κ3) is 4.49. The summed E-state index contributed by atoms with van der Waals surface area (Å²) in [5.41, 5.74) is 0.693. The van der Waals surface area contributed by atoms with Crippen molar-refractivity contribution in [3.8, 4) is 0 Å². The van der Waals surface area contributed by atoms with E-state index in [0.717, 1.165) is 38.2 Å². The number of aromatic nitrogens is 3. The van der Waals surface area contributed by atoms with Gasteiger partial charge in [-0.2, -0.15) is 5.10 Å². The van der Waals surface area contributed by atoms with Crippen LogP contribution >= 0.6 is 0 Å². The Labute approximate surface area is 161 Å². The van der Waals surface area contributed by atoms with E-state index in [2.05, 4.69) is 15.4 Å². The highest BCUT2D eigenvalue weighted by molar-refractivity contribution is 5.94. The molecule has 1 aliphatic heterocycles. The monoisotopic (exact) mass is 367 g/mol. The van der Waals surface area contributed by atoms with Crippen molar-refractivity contribution in [2.75, 3.05) is 11.9 Å². The molecule has 1 unspecified atom stereocenters. The van der Waals surface area contributed by atoms with Gasteiger partial charge in [0.2, 0.25) is 0 Å². The maximum atomic E-state index is 13.1. The average Bonchev–Trinajstić information content (AvgIpc) is 3.41. The van der Waals surface area contributed by atoms with Gasteiger partial charge in [-0.3, -0.25) is 9.48 Å². The predicted molar refractivity (Wildman–Crippen MR) is 106 cm³/mol. The number of amides is 1. The van der Waals surface area contributed by atoms with Gasteiger partial charge in [0.15, 0.2) is 0 Å². The van der Waals surface area contributed by atoms with Crippen LogP contribution in [-0.4, -0.2) is 44.2 Å². The minimum absolute atomic E-state index is 0.111. The Morgan fingerprint density at radius 2 is 2.00 bits per heavy atom. The molecule has 4 rings (SSSR count). The molecule has 3 heterocycles. The van der Waals surface area contributed by atoms with Crippen LogP contribution in [0.4, 0.5) is 5.82 Å². The van der Waals surface area contributed by atoms with Crippen molar-refractivity contribution in [3.63, 3.8) is 0 Å². The molecule has 144 valence electrons. The third-order valence-electron chi connectivity index (χ3n) is 5.86. The maximum Gasteiger partial charge on any atom is 0.255 e. The smallest absolute Gasteiger partial charge is 0.255 e. The number of aryl methyl sites for hydroxylation is 1. The van der Waals surface area contributed by atoms with Gasteiger partial charge in [-0.15, -0.1) is 0 Å². The lowest BCUT2D eigenvalue weighted by Gasteiger charge is -2.36. The van der Waals surface area contributed by atoms with Crippen LogP contribution in [0.3, 0.4) is 0 Å². The van der Waals surface area contributed by atoms with E-state index in [4.69, 9.17) is 0 Å². The van der Waals surface area contributed by atoms with E-state index < -0.39 is 0 Å². The van der Waals surface area contributed by atoms with Crippen molar-refractivity contribution in [1.29, 1.82) is 0 Å². The first-order valence-corrected chi connectivity index (χ1v) is 10.3. The van der Waals surface area contributed by atoms with Crippen LogP contribution in [0.5, 0.6) is 0 Å². The molecule has 1 saturated carbocycles. The zero-order valence-electron chi connectivity index (χ0n) is 15.9. The molecular weight excluding hydrogens is 338 g/mol. The molecule has 1 amide bonds. The van der Waals surface area contributed by atoms with E-state index in [1.807, 2.05) is 34.0 Å². The van der Waals surface area contributed by atoms with Crippen molar-refractivity contribution >= 4 is 11.7 Å². The largest absolute Gasteiger partial charge is 0.367 e. The van der Waals surface area contributed by atoms with Gasteiger partial charge in [-0.25, -0.2) is 4.98 Å². The van der Waals surface area contributed by atoms with E-state index in [0.29, 0.717) is 11.6 Å². The average molecular weight is 367 g/mol. The van der Waals surface area contributed by atoms with Crippen LogP contribution in [0.1, 0.15) is 61.7 Å². The highest BCUT2D eigenvalue weighted by atomic mass is 16.2. The Kier molecular flexibility index (Phi) is 5.70. The number of carbonyl (C=O) groups is 1. The lowest BCUT2D eigenvalue weighted by atomic mass is 9.98. The van der Waals surface area contributed by atoms with Gasteiger partial charge in [0.1, 0.15) is 5.82 Å². The second-order valence-corrected chi connectivity index (χ2v) is 7.76. The van der Waals surface area contributed by atoms with Gasteiger partial charge < -0.3 is 10.2 Å². The molecule has 2 aliphatic rings. The Balaban J connectivity index is 1.38. The van der Waals surface area contributed by atoms with Crippen molar-refractivity contribution in [1.82, 2.24) is 19.7 Å². The first-order chi connectivity index (χ1) is 13.3. The van der Waals surface area contributed by atoms with Gasteiger partial charge >= 0.3 is 0 Å². The fourth-order valence-electron chi connectivity index (χ4n) is 4.33. The molecule has 2 fully saturated rings. The van der Waals surface area contributed by atoms with Crippen LogP contribution in [0, 0.1) is 0 Å². The number of piperidine rings is 1. The summed E-state index contributed by atoms with van der Waals surface area (Å²) in [4.78, 5) is 19.6. The lowest BCUT2D eigenvalue weighted by Crippen LogP contribution is -2.44. The zero-order valence-corrected chi connectivity index (χ0v) is 15.9. The molecule has 1 N–H and O–H groups in total. The van der Waals surface area contributed by atoms with Gasteiger partial charge in [0.25, 0.3) is 5.91 Å². The summed E-state index contributed by atoms with van der Waals surface area (Å²) in [6.45, 7) is 1.69.